The summed E-state index contributed by atoms with van der Waals surface area (Å²) < 4.78 is 21.9. The van der Waals surface area contributed by atoms with E-state index in [-0.39, 0.29) is 0 Å². The van der Waals surface area contributed by atoms with E-state index in [4.69, 9.17) is 4.74 Å². The molecule has 1 aliphatic rings. The molecule has 45 heavy (non-hydrogen) atoms. The Balaban J connectivity index is 1.36. The summed E-state index contributed by atoms with van der Waals surface area (Å²) in [6, 6.07) is 56.3. The molecule has 9 rings (SSSR count). The van der Waals surface area contributed by atoms with Crippen LogP contribution in [0.15, 0.2) is 164 Å². The SMILES string of the molecule is O=P1(c2ccccc2)c2ccccc2Oc2ccc(-c3c4ccccc4c(-c4cccc5ccccc45)c4ccccc34)cc21. The van der Waals surface area contributed by atoms with E-state index in [1.54, 1.807) is 0 Å². The van der Waals surface area contributed by atoms with Crippen LogP contribution in [-0.4, -0.2) is 0 Å². The minimum absolute atomic E-state index is 0.644. The van der Waals surface area contributed by atoms with Gasteiger partial charge in [-0.15, -0.1) is 0 Å². The van der Waals surface area contributed by atoms with E-state index in [2.05, 4.69) is 103 Å². The normalized spacial score (nSPS) is 15.5. The van der Waals surface area contributed by atoms with Gasteiger partial charge in [0, 0.05) is 5.30 Å². The van der Waals surface area contributed by atoms with Gasteiger partial charge in [0.1, 0.15) is 11.5 Å². The van der Waals surface area contributed by atoms with Crippen LogP contribution in [0.25, 0.3) is 54.6 Å². The van der Waals surface area contributed by atoms with Crippen molar-refractivity contribution in [1.29, 1.82) is 0 Å². The van der Waals surface area contributed by atoms with Crippen LogP contribution in [0, 0.1) is 0 Å². The Hall–Kier alpha value is -5.43. The highest BCUT2D eigenvalue weighted by molar-refractivity contribution is 7.85. The van der Waals surface area contributed by atoms with E-state index in [0.29, 0.717) is 11.5 Å². The standard InChI is InChI=1S/C42H27O2P/c43-45(30-15-2-1-3-16-30)39-24-11-10-23-37(39)44-38-26-25-29(27-40(38)45)41-33-18-6-8-20-35(33)42(36-21-9-7-19-34(36)41)32-22-12-14-28-13-4-5-17-31(28)32/h1-27H. The molecule has 0 bridgehead atoms. The van der Waals surface area contributed by atoms with Gasteiger partial charge < -0.3 is 9.30 Å². The van der Waals surface area contributed by atoms with E-state index in [1.165, 1.54) is 32.7 Å². The van der Waals surface area contributed by atoms with Crippen LogP contribution in [-0.2, 0) is 4.57 Å². The summed E-state index contributed by atoms with van der Waals surface area (Å²) in [6.45, 7) is 0. The predicted molar refractivity (Wildman–Crippen MR) is 189 cm³/mol. The first-order chi connectivity index (χ1) is 22.2. The predicted octanol–water partition coefficient (Wildman–Crippen LogP) is 10.2. The third kappa shape index (κ3) is 3.86. The molecule has 0 N–H and O–H groups in total. The summed E-state index contributed by atoms with van der Waals surface area (Å²) in [5.41, 5.74) is 4.60. The largest absolute Gasteiger partial charge is 0.456 e. The molecule has 0 aromatic heterocycles. The van der Waals surface area contributed by atoms with Gasteiger partial charge in [-0.25, -0.2) is 0 Å². The van der Waals surface area contributed by atoms with Gasteiger partial charge in [0.2, 0.25) is 0 Å². The van der Waals surface area contributed by atoms with E-state index < -0.39 is 7.14 Å². The number of rotatable bonds is 3. The lowest BCUT2D eigenvalue weighted by atomic mass is 9.85. The first kappa shape index (κ1) is 26.0. The highest BCUT2D eigenvalue weighted by Crippen LogP contribution is 2.53. The van der Waals surface area contributed by atoms with Crippen molar-refractivity contribution in [3.8, 4) is 33.8 Å². The van der Waals surface area contributed by atoms with E-state index >= 15 is 4.57 Å². The molecule has 3 heteroatoms. The van der Waals surface area contributed by atoms with Gasteiger partial charge in [-0.3, -0.25) is 0 Å². The molecular formula is C42H27O2P. The molecule has 0 saturated carbocycles. The van der Waals surface area contributed by atoms with Crippen LogP contribution >= 0.6 is 7.14 Å². The van der Waals surface area contributed by atoms with Gasteiger partial charge in [-0.2, -0.15) is 0 Å². The summed E-state index contributed by atoms with van der Waals surface area (Å²) in [7, 11) is -3.22. The van der Waals surface area contributed by atoms with Crippen molar-refractivity contribution in [2.45, 2.75) is 0 Å². The molecule has 0 amide bonds. The van der Waals surface area contributed by atoms with Crippen LogP contribution in [0.5, 0.6) is 11.5 Å². The van der Waals surface area contributed by atoms with Gasteiger partial charge in [0.05, 0.1) is 10.6 Å². The summed E-state index contributed by atoms with van der Waals surface area (Å²) >= 11 is 0. The average molecular weight is 595 g/mol. The van der Waals surface area contributed by atoms with Crippen LogP contribution in [0.3, 0.4) is 0 Å². The maximum Gasteiger partial charge on any atom is 0.178 e. The summed E-state index contributed by atoms with van der Waals surface area (Å²) in [5, 5.41) is 9.42. The Morgan fingerprint density at radius 1 is 0.422 bits per heavy atom. The monoisotopic (exact) mass is 594 g/mol. The molecule has 8 aromatic carbocycles. The second-order valence-electron chi connectivity index (χ2n) is 11.6. The molecule has 0 saturated heterocycles. The second kappa shape index (κ2) is 10.1. The zero-order valence-electron chi connectivity index (χ0n) is 24.4. The summed E-state index contributed by atoms with van der Waals surface area (Å²) in [6.07, 6.45) is 0. The van der Waals surface area contributed by atoms with E-state index in [9.17, 15) is 0 Å². The fourth-order valence-corrected chi connectivity index (χ4v) is 10.0. The van der Waals surface area contributed by atoms with Crippen molar-refractivity contribution in [2.24, 2.45) is 0 Å². The van der Waals surface area contributed by atoms with Crippen LogP contribution in [0.2, 0.25) is 0 Å². The molecule has 0 radical (unpaired) electrons. The number of fused-ring (bicyclic) bond motifs is 5. The minimum Gasteiger partial charge on any atom is -0.456 e. The van der Waals surface area contributed by atoms with Gasteiger partial charge in [-0.1, -0.05) is 140 Å². The molecular weight excluding hydrogens is 567 g/mol. The first-order valence-electron chi connectivity index (χ1n) is 15.2. The Bertz CT molecular complexity index is 2430. The molecule has 2 nitrogen and oxygen atoms in total. The molecule has 1 heterocycles. The molecule has 1 aliphatic heterocycles. The lowest BCUT2D eigenvalue weighted by Gasteiger charge is -2.29. The maximum atomic E-state index is 15.5. The average Bonchev–Trinajstić information content (AvgIpc) is 3.11. The maximum absolute atomic E-state index is 15.5. The van der Waals surface area contributed by atoms with Crippen molar-refractivity contribution in [3.63, 3.8) is 0 Å². The first-order valence-corrected chi connectivity index (χ1v) is 16.9. The Kier molecular flexibility index (Phi) is 5.81. The van der Waals surface area contributed by atoms with E-state index in [0.717, 1.165) is 37.8 Å². The number of hydrogen-bond acceptors (Lipinski definition) is 2. The zero-order valence-corrected chi connectivity index (χ0v) is 25.2. The molecule has 212 valence electrons. The van der Waals surface area contributed by atoms with Gasteiger partial charge in [-0.05, 0) is 78.8 Å². The fourth-order valence-electron chi connectivity index (χ4n) is 7.15. The molecule has 1 atom stereocenters. The lowest BCUT2D eigenvalue weighted by Crippen LogP contribution is -2.30. The number of ether oxygens (including phenoxy) is 1. The Morgan fingerprint density at radius 2 is 0.978 bits per heavy atom. The molecule has 0 fully saturated rings. The van der Waals surface area contributed by atoms with Crippen LogP contribution in [0.4, 0.5) is 0 Å². The van der Waals surface area contributed by atoms with Crippen LogP contribution < -0.4 is 20.7 Å². The van der Waals surface area contributed by atoms with Crippen molar-refractivity contribution in [2.75, 3.05) is 0 Å². The summed E-state index contributed by atoms with van der Waals surface area (Å²) in [5.74, 6) is 1.30. The van der Waals surface area contributed by atoms with Crippen molar-refractivity contribution >= 4 is 55.4 Å². The summed E-state index contributed by atoms with van der Waals surface area (Å²) in [4.78, 5) is 0. The highest BCUT2D eigenvalue weighted by atomic mass is 31.2. The minimum atomic E-state index is -3.22. The quantitative estimate of drug-likeness (QED) is 0.150. The molecule has 8 aromatic rings. The second-order valence-corrected chi connectivity index (χ2v) is 14.3. The number of benzene rings is 8. The zero-order chi connectivity index (χ0) is 30.0. The Morgan fingerprint density at radius 3 is 1.71 bits per heavy atom. The van der Waals surface area contributed by atoms with Crippen molar-refractivity contribution in [1.82, 2.24) is 0 Å². The topological polar surface area (TPSA) is 26.3 Å². The highest BCUT2D eigenvalue weighted by Gasteiger charge is 2.39. The number of para-hydroxylation sites is 1. The van der Waals surface area contributed by atoms with Gasteiger partial charge in [0.25, 0.3) is 0 Å². The third-order valence-electron chi connectivity index (χ3n) is 9.12. The number of hydrogen-bond donors (Lipinski definition) is 0. The van der Waals surface area contributed by atoms with Crippen molar-refractivity contribution < 1.29 is 9.30 Å². The van der Waals surface area contributed by atoms with Gasteiger partial charge >= 0.3 is 0 Å². The molecule has 0 spiro atoms. The lowest BCUT2D eigenvalue weighted by molar-refractivity contribution is 0.485. The van der Waals surface area contributed by atoms with E-state index in [1.807, 2.05) is 60.7 Å². The smallest absolute Gasteiger partial charge is 0.178 e. The van der Waals surface area contributed by atoms with Gasteiger partial charge in [0.15, 0.2) is 7.14 Å². The third-order valence-corrected chi connectivity index (χ3v) is 12.2. The Labute approximate surface area is 261 Å². The fraction of sp³-hybridized carbons (Fsp3) is 0. The van der Waals surface area contributed by atoms with Crippen molar-refractivity contribution in [3.05, 3.63) is 164 Å². The van der Waals surface area contributed by atoms with Crippen LogP contribution in [0.1, 0.15) is 0 Å². The molecule has 0 aliphatic carbocycles. The molecule has 1 unspecified atom stereocenters.